The van der Waals surface area contributed by atoms with Gasteiger partial charge in [0.25, 0.3) is 17.1 Å². The van der Waals surface area contributed by atoms with Crippen LogP contribution in [0.5, 0.6) is 5.75 Å². The SMILES string of the molecule is Nc1cc([N+](=O)[O-])ccc1/C=C/c1ccccc1.O=[N+]([O-])c1cc([N+](=O)[O-])c(O)c([N+](=O)[O-])c1. The minimum absolute atomic E-state index is 0.00404. The first kappa shape index (κ1) is 24.9. The van der Waals surface area contributed by atoms with Crippen molar-refractivity contribution in [2.75, 3.05) is 5.73 Å². The van der Waals surface area contributed by atoms with E-state index in [9.17, 15) is 40.5 Å². The van der Waals surface area contributed by atoms with E-state index in [1.54, 1.807) is 6.07 Å². The number of hydrogen-bond acceptors (Lipinski definition) is 10. The van der Waals surface area contributed by atoms with Crippen molar-refractivity contribution in [2.45, 2.75) is 0 Å². The van der Waals surface area contributed by atoms with Crippen molar-refractivity contribution in [3.8, 4) is 5.75 Å². The number of hydrogen-bond donors (Lipinski definition) is 2. The van der Waals surface area contributed by atoms with Crippen molar-refractivity contribution in [2.24, 2.45) is 0 Å². The molecule has 14 nitrogen and oxygen atoms in total. The number of non-ortho nitro benzene ring substituents is 2. The van der Waals surface area contributed by atoms with Gasteiger partial charge in [-0.1, -0.05) is 42.5 Å². The molecule has 0 unspecified atom stereocenters. The topological polar surface area (TPSA) is 219 Å². The Morgan fingerprint density at radius 1 is 0.676 bits per heavy atom. The highest BCUT2D eigenvalue weighted by atomic mass is 16.6. The minimum Gasteiger partial charge on any atom is -0.497 e. The number of nitrogens with two attached hydrogens (primary N) is 1. The molecule has 3 rings (SSSR count). The summed E-state index contributed by atoms with van der Waals surface area (Å²) >= 11 is 0. The van der Waals surface area contributed by atoms with Gasteiger partial charge in [0.05, 0.1) is 31.8 Å². The van der Waals surface area contributed by atoms with Crippen molar-refractivity contribution >= 4 is 40.6 Å². The summed E-state index contributed by atoms with van der Waals surface area (Å²) in [5, 5.41) is 50.8. The summed E-state index contributed by atoms with van der Waals surface area (Å²) in [6.45, 7) is 0. The number of nitro groups is 4. The van der Waals surface area contributed by atoms with Gasteiger partial charge in [0, 0.05) is 17.8 Å². The highest BCUT2D eigenvalue weighted by Crippen LogP contribution is 2.38. The van der Waals surface area contributed by atoms with Gasteiger partial charge in [0.1, 0.15) is 0 Å². The monoisotopic (exact) mass is 469 g/mol. The predicted molar refractivity (Wildman–Crippen MR) is 121 cm³/mol. The number of phenolic OH excluding ortho intramolecular Hbond substituents is 1. The Kier molecular flexibility index (Phi) is 7.87. The maximum Gasteiger partial charge on any atom is 0.324 e. The number of nitro benzene ring substituents is 4. The molecular formula is C20H15N5O9. The fourth-order valence-corrected chi connectivity index (χ4v) is 2.55. The molecule has 0 saturated carbocycles. The van der Waals surface area contributed by atoms with E-state index in [0.717, 1.165) is 11.1 Å². The van der Waals surface area contributed by atoms with Gasteiger partial charge in [-0.15, -0.1) is 0 Å². The van der Waals surface area contributed by atoms with Crippen LogP contribution in [0.2, 0.25) is 0 Å². The van der Waals surface area contributed by atoms with Crippen molar-refractivity contribution in [3.63, 3.8) is 0 Å². The molecule has 174 valence electrons. The second kappa shape index (κ2) is 10.8. The van der Waals surface area contributed by atoms with Crippen molar-refractivity contribution in [1.29, 1.82) is 0 Å². The van der Waals surface area contributed by atoms with Crippen LogP contribution in [-0.2, 0) is 0 Å². The molecule has 3 aromatic rings. The van der Waals surface area contributed by atoms with E-state index in [0.29, 0.717) is 17.8 Å². The third-order valence-corrected chi connectivity index (χ3v) is 4.19. The van der Waals surface area contributed by atoms with Crippen LogP contribution in [0.4, 0.5) is 28.4 Å². The quantitative estimate of drug-likeness (QED) is 0.223. The van der Waals surface area contributed by atoms with E-state index in [1.807, 2.05) is 42.5 Å². The van der Waals surface area contributed by atoms with Gasteiger partial charge >= 0.3 is 11.4 Å². The Balaban J connectivity index is 0.000000242. The third kappa shape index (κ3) is 6.30. The fourth-order valence-electron chi connectivity index (χ4n) is 2.55. The van der Waals surface area contributed by atoms with E-state index >= 15 is 0 Å². The zero-order valence-corrected chi connectivity index (χ0v) is 17.0. The second-order valence-electron chi connectivity index (χ2n) is 6.42. The van der Waals surface area contributed by atoms with E-state index in [1.165, 1.54) is 12.1 Å². The van der Waals surface area contributed by atoms with Crippen LogP contribution in [0.25, 0.3) is 12.2 Å². The van der Waals surface area contributed by atoms with Crippen LogP contribution < -0.4 is 5.73 Å². The number of benzene rings is 3. The highest BCUT2D eigenvalue weighted by Gasteiger charge is 2.30. The Morgan fingerprint density at radius 3 is 1.65 bits per heavy atom. The predicted octanol–water partition coefficient (Wildman–Crippen LogP) is 4.46. The molecule has 0 bridgehead atoms. The van der Waals surface area contributed by atoms with E-state index in [-0.39, 0.29) is 5.69 Å². The van der Waals surface area contributed by atoms with Gasteiger partial charge in [0.15, 0.2) is 0 Å². The molecule has 0 fully saturated rings. The standard InChI is InChI=1S/C14H12N2O2.C6H3N3O7/c15-14-10-13(16(17)18)9-8-12(14)7-6-11-4-2-1-3-5-11;10-6-4(8(13)14)1-3(7(11)12)2-5(6)9(15)16/h1-10H,15H2;1-2,10H/b7-6+;. The molecule has 3 N–H and O–H groups in total. The molecule has 14 heteroatoms. The van der Waals surface area contributed by atoms with E-state index in [2.05, 4.69) is 0 Å². The van der Waals surface area contributed by atoms with E-state index < -0.39 is 42.5 Å². The summed E-state index contributed by atoms with van der Waals surface area (Å²) in [6, 6.07) is 15.1. The summed E-state index contributed by atoms with van der Waals surface area (Å²) in [5.74, 6) is -1.21. The molecule has 0 radical (unpaired) electrons. The second-order valence-corrected chi connectivity index (χ2v) is 6.42. The summed E-state index contributed by atoms with van der Waals surface area (Å²) < 4.78 is 0. The maximum atomic E-state index is 10.6. The molecule has 0 aliphatic carbocycles. The molecule has 0 amide bonds. The average molecular weight is 469 g/mol. The zero-order valence-electron chi connectivity index (χ0n) is 17.0. The lowest BCUT2D eigenvalue weighted by Crippen LogP contribution is -1.97. The Bertz CT molecular complexity index is 1260. The van der Waals surface area contributed by atoms with Crippen molar-refractivity contribution in [1.82, 2.24) is 0 Å². The number of anilines is 1. The third-order valence-electron chi connectivity index (χ3n) is 4.19. The fraction of sp³-hybridized carbons (Fsp3) is 0. The Morgan fingerprint density at radius 2 is 1.21 bits per heavy atom. The molecule has 34 heavy (non-hydrogen) atoms. The minimum atomic E-state index is -1.21. The largest absolute Gasteiger partial charge is 0.497 e. The van der Waals surface area contributed by atoms with Gasteiger partial charge in [-0.05, 0) is 17.2 Å². The molecule has 0 spiro atoms. The molecule has 0 aromatic heterocycles. The first-order chi connectivity index (χ1) is 16.0. The normalized spacial score (nSPS) is 10.2. The first-order valence-electron chi connectivity index (χ1n) is 9.08. The summed E-state index contributed by atoms with van der Waals surface area (Å²) in [4.78, 5) is 37.9. The number of aromatic hydroxyl groups is 1. The molecule has 0 atom stereocenters. The van der Waals surface area contributed by atoms with Crippen LogP contribution >= 0.6 is 0 Å². The molecular weight excluding hydrogens is 454 g/mol. The van der Waals surface area contributed by atoms with Crippen molar-refractivity contribution in [3.05, 3.63) is 112 Å². The van der Waals surface area contributed by atoms with Crippen LogP contribution in [-0.4, -0.2) is 24.8 Å². The van der Waals surface area contributed by atoms with Gasteiger partial charge in [-0.25, -0.2) is 0 Å². The van der Waals surface area contributed by atoms with Crippen LogP contribution in [0, 0.1) is 40.5 Å². The van der Waals surface area contributed by atoms with Gasteiger partial charge < -0.3 is 10.8 Å². The summed E-state index contributed by atoms with van der Waals surface area (Å²) in [7, 11) is 0. The lowest BCUT2D eigenvalue weighted by molar-refractivity contribution is -0.404. The number of phenols is 1. The molecule has 0 aliphatic rings. The zero-order chi connectivity index (χ0) is 25.4. The number of rotatable bonds is 6. The van der Waals surface area contributed by atoms with Gasteiger partial charge in [-0.3, -0.25) is 40.5 Å². The van der Waals surface area contributed by atoms with E-state index in [4.69, 9.17) is 10.8 Å². The molecule has 0 saturated heterocycles. The maximum absolute atomic E-state index is 10.6. The first-order valence-corrected chi connectivity index (χ1v) is 9.08. The molecule has 0 heterocycles. The Labute approximate surface area is 189 Å². The average Bonchev–Trinajstić information content (AvgIpc) is 2.78. The number of nitrogen functional groups attached to an aromatic ring is 1. The number of nitrogens with zero attached hydrogens (tertiary/aromatic N) is 4. The summed E-state index contributed by atoms with van der Waals surface area (Å²) in [5.41, 5.74) is 4.99. The highest BCUT2D eigenvalue weighted by molar-refractivity contribution is 5.76. The molecule has 0 aliphatic heterocycles. The van der Waals surface area contributed by atoms with Crippen LogP contribution in [0.15, 0.2) is 60.7 Å². The molecule has 3 aromatic carbocycles. The summed E-state index contributed by atoms with van der Waals surface area (Å²) in [6.07, 6.45) is 3.76. The van der Waals surface area contributed by atoms with Gasteiger partial charge in [0.2, 0.25) is 0 Å². The van der Waals surface area contributed by atoms with Gasteiger partial charge in [-0.2, -0.15) is 0 Å². The van der Waals surface area contributed by atoms with Crippen LogP contribution in [0.1, 0.15) is 11.1 Å². The van der Waals surface area contributed by atoms with Crippen LogP contribution in [0.3, 0.4) is 0 Å². The Hall–Kier alpha value is -5.40. The van der Waals surface area contributed by atoms with Crippen molar-refractivity contribution < 1.29 is 24.8 Å². The smallest absolute Gasteiger partial charge is 0.324 e. The lowest BCUT2D eigenvalue weighted by Gasteiger charge is -2.00. The lowest BCUT2D eigenvalue weighted by atomic mass is 10.1.